The predicted molar refractivity (Wildman–Crippen MR) is 139 cm³/mol. The van der Waals surface area contributed by atoms with Gasteiger partial charge in [0.05, 0.1) is 18.4 Å². The van der Waals surface area contributed by atoms with Crippen LogP contribution in [-0.2, 0) is 0 Å². The number of esters is 1. The number of anilines is 1. The SMILES string of the molecule is CCCOc1ccc(C(=O)Oc2ccc(Br)cc2/C=N\NC(=S)Nc2cccc(C)c2)cc1. The van der Waals surface area contributed by atoms with Crippen molar-refractivity contribution in [2.45, 2.75) is 20.3 Å². The number of hydrogen-bond acceptors (Lipinski definition) is 5. The summed E-state index contributed by atoms with van der Waals surface area (Å²) >= 11 is 8.72. The van der Waals surface area contributed by atoms with Crippen LogP contribution in [0.3, 0.4) is 0 Å². The zero-order valence-electron chi connectivity index (χ0n) is 18.3. The van der Waals surface area contributed by atoms with Gasteiger partial charge in [-0.05, 0) is 85.7 Å². The van der Waals surface area contributed by atoms with E-state index in [1.165, 1.54) is 0 Å². The molecule has 0 aromatic heterocycles. The highest BCUT2D eigenvalue weighted by Crippen LogP contribution is 2.23. The minimum Gasteiger partial charge on any atom is -0.494 e. The Balaban J connectivity index is 1.64. The average molecular weight is 526 g/mol. The van der Waals surface area contributed by atoms with E-state index in [2.05, 4.69) is 31.8 Å². The number of ether oxygens (including phenoxy) is 2. The lowest BCUT2D eigenvalue weighted by atomic mass is 10.2. The highest BCUT2D eigenvalue weighted by Gasteiger charge is 2.12. The van der Waals surface area contributed by atoms with Gasteiger partial charge in [-0.15, -0.1) is 0 Å². The van der Waals surface area contributed by atoms with E-state index in [4.69, 9.17) is 21.7 Å². The standard InChI is InChI=1S/C25H24BrN3O3S/c1-3-13-31-22-10-7-18(8-11-22)24(30)32-23-12-9-20(26)15-19(23)16-27-29-25(33)28-21-6-4-5-17(2)14-21/h4-12,14-16H,3,13H2,1-2H3,(H2,28,29,33)/b27-16-. The number of carbonyl (C=O) groups is 1. The van der Waals surface area contributed by atoms with Crippen molar-refractivity contribution in [3.63, 3.8) is 0 Å². The molecule has 0 radical (unpaired) electrons. The normalized spacial score (nSPS) is 10.6. The first-order valence-electron chi connectivity index (χ1n) is 10.4. The van der Waals surface area contributed by atoms with Gasteiger partial charge >= 0.3 is 5.97 Å². The molecule has 0 saturated carbocycles. The van der Waals surface area contributed by atoms with Gasteiger partial charge in [-0.1, -0.05) is 35.0 Å². The highest BCUT2D eigenvalue weighted by molar-refractivity contribution is 9.10. The molecule has 3 rings (SSSR count). The maximum Gasteiger partial charge on any atom is 0.343 e. The molecule has 8 heteroatoms. The number of nitrogens with zero attached hydrogens (tertiary/aromatic N) is 1. The van der Waals surface area contributed by atoms with Crippen molar-refractivity contribution in [3.05, 3.63) is 87.9 Å². The molecule has 0 saturated heterocycles. The zero-order valence-corrected chi connectivity index (χ0v) is 20.7. The van der Waals surface area contributed by atoms with Gasteiger partial charge in [-0.25, -0.2) is 4.79 Å². The second-order valence-corrected chi connectivity index (χ2v) is 8.46. The van der Waals surface area contributed by atoms with Crippen molar-refractivity contribution in [3.8, 4) is 11.5 Å². The Labute approximate surface area is 207 Å². The lowest BCUT2D eigenvalue weighted by molar-refractivity contribution is 0.0734. The molecule has 2 N–H and O–H groups in total. The summed E-state index contributed by atoms with van der Waals surface area (Å²) in [5.74, 6) is 0.613. The quantitative estimate of drug-likeness (QED) is 0.122. The van der Waals surface area contributed by atoms with E-state index in [1.807, 2.05) is 38.1 Å². The topological polar surface area (TPSA) is 72.0 Å². The number of aryl methyl sites for hydroxylation is 1. The van der Waals surface area contributed by atoms with Crippen molar-refractivity contribution in [2.75, 3.05) is 11.9 Å². The van der Waals surface area contributed by atoms with E-state index in [9.17, 15) is 4.79 Å². The third-order valence-electron chi connectivity index (χ3n) is 4.38. The van der Waals surface area contributed by atoms with Gasteiger partial charge in [0.15, 0.2) is 5.11 Å². The Kier molecular flexibility index (Phi) is 8.97. The highest BCUT2D eigenvalue weighted by atomic mass is 79.9. The second kappa shape index (κ2) is 12.1. The molecule has 170 valence electrons. The van der Waals surface area contributed by atoms with Gasteiger partial charge < -0.3 is 14.8 Å². The monoisotopic (exact) mass is 525 g/mol. The number of halogens is 1. The smallest absolute Gasteiger partial charge is 0.343 e. The second-order valence-electron chi connectivity index (χ2n) is 7.14. The van der Waals surface area contributed by atoms with Gasteiger partial charge in [0.25, 0.3) is 0 Å². The first-order valence-corrected chi connectivity index (χ1v) is 11.6. The number of hydrazone groups is 1. The summed E-state index contributed by atoms with van der Waals surface area (Å²) in [6.07, 6.45) is 2.46. The summed E-state index contributed by atoms with van der Waals surface area (Å²) in [6.45, 7) is 4.67. The first kappa shape index (κ1) is 24.4. The Hall–Kier alpha value is -3.23. The summed E-state index contributed by atoms with van der Waals surface area (Å²) in [5.41, 5.74) is 5.79. The predicted octanol–water partition coefficient (Wildman–Crippen LogP) is 6.09. The minimum absolute atomic E-state index is 0.343. The number of rotatable bonds is 8. The average Bonchev–Trinajstić information content (AvgIpc) is 2.79. The van der Waals surface area contributed by atoms with E-state index < -0.39 is 5.97 Å². The van der Waals surface area contributed by atoms with Crippen LogP contribution in [0.5, 0.6) is 11.5 Å². The van der Waals surface area contributed by atoms with Gasteiger partial charge in [0.2, 0.25) is 0 Å². The maximum atomic E-state index is 12.6. The molecule has 3 aromatic carbocycles. The fourth-order valence-corrected chi connectivity index (χ4v) is 3.37. The Morgan fingerprint density at radius 2 is 1.91 bits per heavy atom. The van der Waals surface area contributed by atoms with Crippen molar-refractivity contribution in [2.24, 2.45) is 5.10 Å². The molecule has 0 bridgehead atoms. The number of carbonyl (C=O) groups excluding carboxylic acids is 1. The van der Waals surface area contributed by atoms with Gasteiger partial charge in [-0.3, -0.25) is 5.43 Å². The summed E-state index contributed by atoms with van der Waals surface area (Å²) in [6, 6.07) is 20.0. The molecule has 33 heavy (non-hydrogen) atoms. The Bertz CT molecular complexity index is 1150. The van der Waals surface area contributed by atoms with Crippen LogP contribution < -0.4 is 20.2 Å². The molecular weight excluding hydrogens is 502 g/mol. The van der Waals surface area contributed by atoms with Crippen LogP contribution in [0.4, 0.5) is 5.69 Å². The largest absolute Gasteiger partial charge is 0.494 e. The molecule has 6 nitrogen and oxygen atoms in total. The summed E-state index contributed by atoms with van der Waals surface area (Å²) in [7, 11) is 0. The maximum absolute atomic E-state index is 12.6. The van der Waals surface area contributed by atoms with Crippen LogP contribution in [0.2, 0.25) is 0 Å². The molecule has 0 spiro atoms. The molecule has 0 aliphatic carbocycles. The van der Waals surface area contributed by atoms with Gasteiger partial charge in [0, 0.05) is 15.7 Å². The van der Waals surface area contributed by atoms with Crippen LogP contribution in [0.25, 0.3) is 0 Å². The first-order chi connectivity index (χ1) is 15.9. The summed E-state index contributed by atoms with van der Waals surface area (Å²) in [5, 5.41) is 7.59. The minimum atomic E-state index is -0.474. The Morgan fingerprint density at radius 3 is 2.64 bits per heavy atom. The van der Waals surface area contributed by atoms with E-state index in [0.29, 0.717) is 34.3 Å². The summed E-state index contributed by atoms with van der Waals surface area (Å²) < 4.78 is 12.0. The third kappa shape index (κ3) is 7.69. The lowest BCUT2D eigenvalue weighted by Crippen LogP contribution is -2.23. The molecule has 0 heterocycles. The molecule has 0 fully saturated rings. The number of nitrogens with one attached hydrogen (secondary N) is 2. The number of benzene rings is 3. The van der Waals surface area contributed by atoms with E-state index in [1.54, 1.807) is 48.7 Å². The van der Waals surface area contributed by atoms with Crippen LogP contribution >= 0.6 is 28.1 Å². The van der Waals surface area contributed by atoms with Crippen LogP contribution in [0.15, 0.2) is 76.3 Å². The molecule has 3 aromatic rings. The number of hydrogen-bond donors (Lipinski definition) is 2. The number of thiocarbonyl (C=S) groups is 1. The van der Waals surface area contributed by atoms with Gasteiger partial charge in [-0.2, -0.15) is 5.10 Å². The fraction of sp³-hybridized carbons (Fsp3) is 0.160. The van der Waals surface area contributed by atoms with E-state index in [0.717, 1.165) is 22.1 Å². The van der Waals surface area contributed by atoms with Crippen molar-refractivity contribution < 1.29 is 14.3 Å². The molecule has 0 atom stereocenters. The van der Waals surface area contributed by atoms with E-state index >= 15 is 0 Å². The molecule has 0 unspecified atom stereocenters. The van der Waals surface area contributed by atoms with Gasteiger partial charge in [0.1, 0.15) is 11.5 Å². The van der Waals surface area contributed by atoms with Crippen molar-refractivity contribution in [1.82, 2.24) is 5.43 Å². The zero-order chi connectivity index (χ0) is 23.6. The molecular formula is C25H24BrN3O3S. The summed E-state index contributed by atoms with van der Waals surface area (Å²) in [4.78, 5) is 12.6. The van der Waals surface area contributed by atoms with Crippen molar-refractivity contribution in [1.29, 1.82) is 0 Å². The lowest BCUT2D eigenvalue weighted by Gasteiger charge is -2.10. The van der Waals surface area contributed by atoms with E-state index in [-0.39, 0.29) is 0 Å². The molecule has 0 aliphatic rings. The fourth-order valence-electron chi connectivity index (χ4n) is 2.82. The third-order valence-corrected chi connectivity index (χ3v) is 5.07. The van der Waals surface area contributed by atoms with Crippen molar-refractivity contribution >= 4 is 51.1 Å². The molecule has 0 aliphatic heterocycles. The Morgan fingerprint density at radius 1 is 1.12 bits per heavy atom. The van der Waals surface area contributed by atoms with Crippen LogP contribution in [-0.4, -0.2) is 23.9 Å². The van der Waals surface area contributed by atoms with Crippen LogP contribution in [0.1, 0.15) is 34.8 Å². The molecule has 0 amide bonds. The van der Waals surface area contributed by atoms with Crippen LogP contribution in [0, 0.1) is 6.92 Å².